The van der Waals surface area contributed by atoms with Crippen LogP contribution in [0.25, 0.3) is 0 Å². The quantitative estimate of drug-likeness (QED) is 0.0701. The van der Waals surface area contributed by atoms with E-state index in [4.69, 9.17) is 42.7 Å². The molecule has 0 spiro atoms. The number of para-hydroxylation sites is 1. The number of nitrogens with zero attached hydrogens (tertiary/aromatic N) is 2. The fourth-order valence-electron chi connectivity index (χ4n) is 11.0. The Morgan fingerprint density at radius 3 is 2.14 bits per heavy atom. The van der Waals surface area contributed by atoms with Crippen LogP contribution in [0.1, 0.15) is 120 Å². The Morgan fingerprint density at radius 1 is 0.849 bits per heavy atom. The number of ether oxygens (including phenoxy) is 8. The minimum Gasteiger partial charge on any atom is -0.493 e. The van der Waals surface area contributed by atoms with E-state index in [2.05, 4.69) is 5.16 Å². The number of hydrogen-bond donors (Lipinski definition) is 4. The number of carbonyl (C=O) groups is 2. The van der Waals surface area contributed by atoms with Gasteiger partial charge in [0, 0.05) is 50.2 Å². The van der Waals surface area contributed by atoms with E-state index in [9.17, 15) is 30.0 Å². The summed E-state index contributed by atoms with van der Waals surface area (Å²) in [5, 5.41) is 53.8. The molecule has 3 aliphatic heterocycles. The van der Waals surface area contributed by atoms with E-state index >= 15 is 0 Å². The standard InChI is InChI=1S/C56H88N2O15/c1-14-43-56(10,64)49(61)36(4)46(57-67-30-22-29-66-41-26-19-16-20-27-41)34(2)32-54(8,63)50(73-53-47(60)42(58(11)12)31-35(3)68-53)37(5)48(38(6)52(62)70-43)72-45-33-55(9,65-13)51(39(7)69-45)71-44(59)28-21-25-40-23-17-15-18-24-40/h15-20,23-24,26-27,34-39,42-43,45,47-51,53,60-61,63-64H,14,21-22,25,28-33H2,1-13H3/b57-46+/t34-,35-,36-,37+,38-,39+,42+,43+,45?,47-,48+,49-,50-,51+,53+,54?,55-,56-/m1/s1. The van der Waals surface area contributed by atoms with Gasteiger partial charge in [0.1, 0.15) is 35.8 Å². The first-order valence-electron chi connectivity index (χ1n) is 26.4. The molecule has 3 fully saturated rings. The highest BCUT2D eigenvalue weighted by Crippen LogP contribution is 2.42. The molecule has 4 N–H and O–H groups in total. The first kappa shape index (κ1) is 60.1. The maximum Gasteiger partial charge on any atom is 0.311 e. The number of aliphatic hydroxyl groups excluding tert-OH is 2. The molecule has 0 saturated carbocycles. The van der Waals surface area contributed by atoms with E-state index in [0.29, 0.717) is 38.0 Å². The van der Waals surface area contributed by atoms with Gasteiger partial charge in [-0.2, -0.15) is 0 Å². The van der Waals surface area contributed by atoms with E-state index < -0.39 is 108 Å². The van der Waals surface area contributed by atoms with Crippen molar-refractivity contribution in [3.63, 3.8) is 0 Å². The first-order valence-corrected chi connectivity index (χ1v) is 26.4. The first-order chi connectivity index (χ1) is 34.4. The molecule has 3 aliphatic rings. The second-order valence-electron chi connectivity index (χ2n) is 21.7. The van der Waals surface area contributed by atoms with Crippen molar-refractivity contribution in [1.82, 2.24) is 4.90 Å². The van der Waals surface area contributed by atoms with Crippen LogP contribution >= 0.6 is 0 Å². The van der Waals surface area contributed by atoms with Crippen molar-refractivity contribution in [2.24, 2.45) is 28.8 Å². The molecule has 0 amide bonds. The molecule has 73 heavy (non-hydrogen) atoms. The Morgan fingerprint density at radius 2 is 1.51 bits per heavy atom. The number of aliphatic hydroxyl groups is 4. The number of aryl methyl sites for hydroxylation is 1. The number of carbonyl (C=O) groups excluding carboxylic acids is 2. The van der Waals surface area contributed by atoms with Gasteiger partial charge in [-0.1, -0.05) is 81.4 Å². The van der Waals surface area contributed by atoms with Crippen molar-refractivity contribution < 1.29 is 72.7 Å². The molecular formula is C56H88N2O15. The zero-order valence-electron chi connectivity index (χ0n) is 45.7. The number of oxime groups is 1. The number of benzene rings is 2. The molecule has 0 bridgehead atoms. The van der Waals surface area contributed by atoms with Crippen LogP contribution in [-0.2, 0) is 54.0 Å². The summed E-state index contributed by atoms with van der Waals surface area (Å²) in [5.41, 5.74) is -3.42. The third kappa shape index (κ3) is 15.7. The van der Waals surface area contributed by atoms with Crippen molar-refractivity contribution in [3.05, 3.63) is 66.2 Å². The highest BCUT2D eigenvalue weighted by atomic mass is 16.7. The Bertz CT molecular complexity index is 2020. The lowest BCUT2D eigenvalue weighted by Gasteiger charge is -2.49. The van der Waals surface area contributed by atoms with Crippen LogP contribution in [0.4, 0.5) is 0 Å². The van der Waals surface area contributed by atoms with Crippen LogP contribution in [0.15, 0.2) is 65.8 Å². The van der Waals surface area contributed by atoms with E-state index in [-0.39, 0.29) is 44.4 Å². The average molecular weight is 1030 g/mol. The van der Waals surface area contributed by atoms with E-state index in [1.165, 1.54) is 14.0 Å². The average Bonchev–Trinajstić information content (AvgIpc) is 3.34. The Labute approximate surface area is 434 Å². The lowest BCUT2D eigenvalue weighted by molar-refractivity contribution is -0.318. The van der Waals surface area contributed by atoms with Crippen molar-refractivity contribution in [1.29, 1.82) is 0 Å². The number of hydrogen-bond acceptors (Lipinski definition) is 17. The van der Waals surface area contributed by atoms with Crippen LogP contribution in [-0.4, -0.2) is 162 Å². The summed E-state index contributed by atoms with van der Waals surface area (Å²) in [6, 6.07) is 19.0. The van der Waals surface area contributed by atoms with Gasteiger partial charge < -0.3 is 68.1 Å². The van der Waals surface area contributed by atoms with E-state index in [0.717, 1.165) is 11.3 Å². The van der Waals surface area contributed by atoms with E-state index in [1.54, 1.807) is 41.5 Å². The van der Waals surface area contributed by atoms with Crippen LogP contribution in [0.3, 0.4) is 0 Å². The largest absolute Gasteiger partial charge is 0.493 e. The van der Waals surface area contributed by atoms with Crippen LogP contribution in [0.2, 0.25) is 0 Å². The lowest BCUT2D eigenvalue weighted by atomic mass is 9.73. The third-order valence-electron chi connectivity index (χ3n) is 15.3. The number of cyclic esters (lactones) is 1. The summed E-state index contributed by atoms with van der Waals surface area (Å²) in [6.07, 6.45) is -7.66. The molecule has 5 rings (SSSR count). The zero-order valence-corrected chi connectivity index (χ0v) is 45.7. The maximum absolute atomic E-state index is 14.7. The monoisotopic (exact) mass is 1030 g/mol. The van der Waals surface area contributed by atoms with Crippen LogP contribution in [0.5, 0.6) is 5.75 Å². The van der Waals surface area contributed by atoms with Gasteiger partial charge in [0.05, 0.1) is 54.4 Å². The van der Waals surface area contributed by atoms with Crippen molar-refractivity contribution >= 4 is 17.7 Å². The number of likely N-dealkylation sites (N-methyl/N-ethyl adjacent to an activating group) is 1. The Hall–Kier alpha value is -3.75. The number of esters is 2. The van der Waals surface area contributed by atoms with Crippen molar-refractivity contribution in [2.45, 2.75) is 205 Å². The molecule has 2 aromatic rings. The molecule has 17 nitrogen and oxygen atoms in total. The second-order valence-corrected chi connectivity index (χ2v) is 21.7. The van der Waals surface area contributed by atoms with Crippen LogP contribution < -0.4 is 4.74 Å². The Balaban J connectivity index is 1.50. The van der Waals surface area contributed by atoms with Crippen molar-refractivity contribution in [3.8, 4) is 5.75 Å². The van der Waals surface area contributed by atoms with Gasteiger partial charge >= 0.3 is 11.9 Å². The van der Waals surface area contributed by atoms with Gasteiger partial charge in [-0.05, 0) is 105 Å². The summed E-state index contributed by atoms with van der Waals surface area (Å²) in [6.45, 7) is 17.8. The minimum atomic E-state index is -1.99. The number of rotatable bonds is 18. The lowest BCUT2D eigenvalue weighted by Crippen LogP contribution is -2.61. The molecule has 3 saturated heterocycles. The van der Waals surface area contributed by atoms with Gasteiger partial charge in [0.25, 0.3) is 0 Å². The highest BCUT2D eigenvalue weighted by Gasteiger charge is 2.54. The van der Waals surface area contributed by atoms with E-state index in [1.807, 2.05) is 100 Å². The number of methoxy groups -OCH3 is 1. The second kappa shape index (κ2) is 26.8. The minimum absolute atomic E-state index is 0.0319. The Kier molecular flexibility index (Phi) is 22.1. The fourth-order valence-corrected chi connectivity index (χ4v) is 11.0. The summed E-state index contributed by atoms with van der Waals surface area (Å²) < 4.78 is 50.9. The van der Waals surface area contributed by atoms with Gasteiger partial charge in [0.2, 0.25) is 0 Å². The molecule has 18 atom stereocenters. The fraction of sp³-hybridized carbons (Fsp3) is 0.732. The topological polar surface area (TPSA) is 214 Å². The summed E-state index contributed by atoms with van der Waals surface area (Å²) in [7, 11) is 5.27. The zero-order chi connectivity index (χ0) is 53.8. The summed E-state index contributed by atoms with van der Waals surface area (Å²) in [4.78, 5) is 35.8. The SMILES string of the molecule is CC[C@@H]1OC(=O)[C@H](C)[C@@H](OC2C[C@@](C)(OC)[C@@H](OC(=O)CCCc3ccccc3)[C@H](C)O2)[C@H](C)[C@@H](O[C@@H]2O[C@H](C)C[C@H](N(C)C)[C@H]2O)C(C)(O)C[C@@H](C)/C(=N\OCCCOc2ccccc2)[C@@H](C)[C@@H](O)[C@]1(C)O. The molecule has 0 aromatic heterocycles. The molecule has 0 radical (unpaired) electrons. The molecule has 0 aliphatic carbocycles. The smallest absolute Gasteiger partial charge is 0.311 e. The normalized spacial score (nSPS) is 38.6. The predicted molar refractivity (Wildman–Crippen MR) is 274 cm³/mol. The van der Waals surface area contributed by atoms with Gasteiger partial charge in [0.15, 0.2) is 18.7 Å². The molecule has 2 aromatic carbocycles. The van der Waals surface area contributed by atoms with Gasteiger partial charge in [-0.25, -0.2) is 0 Å². The summed E-state index contributed by atoms with van der Waals surface area (Å²) in [5.74, 6) is -3.89. The van der Waals surface area contributed by atoms with Crippen molar-refractivity contribution in [2.75, 3.05) is 34.4 Å². The molecule has 3 heterocycles. The highest BCUT2D eigenvalue weighted by molar-refractivity contribution is 5.88. The molecule has 412 valence electrons. The van der Waals surface area contributed by atoms with Gasteiger partial charge in [-0.15, -0.1) is 0 Å². The molecule has 17 heteroatoms. The maximum atomic E-state index is 14.7. The molecular weight excluding hydrogens is 941 g/mol. The third-order valence-corrected chi connectivity index (χ3v) is 15.3. The van der Waals surface area contributed by atoms with Gasteiger partial charge in [-0.3, -0.25) is 9.59 Å². The predicted octanol–water partition coefficient (Wildman–Crippen LogP) is 6.63. The molecule has 2 unspecified atom stereocenters. The van der Waals surface area contributed by atoms with Crippen LogP contribution in [0, 0.1) is 23.7 Å². The summed E-state index contributed by atoms with van der Waals surface area (Å²) >= 11 is 0.